The highest BCUT2D eigenvalue weighted by Gasteiger charge is 2.13. The van der Waals surface area contributed by atoms with Gasteiger partial charge in [-0.3, -0.25) is 0 Å². The number of nitrogens with zero attached hydrogens (tertiary/aromatic N) is 1. The third-order valence-electron chi connectivity index (χ3n) is 2.57. The molecule has 2 rings (SSSR count). The molecule has 0 aromatic heterocycles. The third kappa shape index (κ3) is 2.27. The largest absolute Gasteiger partial charge is 0.508 e. The van der Waals surface area contributed by atoms with Crippen molar-refractivity contribution in [3.05, 3.63) is 71.1 Å². The van der Waals surface area contributed by atoms with Crippen molar-refractivity contribution in [2.75, 3.05) is 0 Å². The summed E-state index contributed by atoms with van der Waals surface area (Å²) in [4.78, 5) is 3.28. The summed E-state index contributed by atoms with van der Waals surface area (Å²) < 4.78 is 0. The predicted molar refractivity (Wildman–Crippen MR) is 64.9 cm³/mol. The second kappa shape index (κ2) is 4.69. The SMILES string of the molecule is [C-]#[N+]c1ccc(C(O)c2ccccc2O)cc1. The Kier molecular flexibility index (Phi) is 3.08. The molecule has 0 radical (unpaired) electrons. The zero-order chi connectivity index (χ0) is 12.3. The highest BCUT2D eigenvalue weighted by Crippen LogP contribution is 2.29. The lowest BCUT2D eigenvalue weighted by molar-refractivity contribution is 0.215. The summed E-state index contributed by atoms with van der Waals surface area (Å²) >= 11 is 0. The van der Waals surface area contributed by atoms with Gasteiger partial charge in [-0.1, -0.05) is 42.5 Å². The number of aliphatic hydroxyl groups excluding tert-OH is 1. The molecule has 2 aromatic rings. The van der Waals surface area contributed by atoms with Crippen molar-refractivity contribution in [1.29, 1.82) is 0 Å². The van der Waals surface area contributed by atoms with Crippen LogP contribution in [0, 0.1) is 6.57 Å². The van der Waals surface area contributed by atoms with Crippen molar-refractivity contribution < 1.29 is 10.2 Å². The van der Waals surface area contributed by atoms with Gasteiger partial charge in [0.05, 0.1) is 6.57 Å². The van der Waals surface area contributed by atoms with Crippen LogP contribution in [-0.2, 0) is 0 Å². The number of benzene rings is 2. The normalized spacial score (nSPS) is 11.8. The molecule has 17 heavy (non-hydrogen) atoms. The number of phenolic OH excluding ortho intramolecular Hbond substituents is 1. The van der Waals surface area contributed by atoms with E-state index in [2.05, 4.69) is 4.85 Å². The lowest BCUT2D eigenvalue weighted by Gasteiger charge is -2.12. The maximum absolute atomic E-state index is 10.1. The topological polar surface area (TPSA) is 44.8 Å². The van der Waals surface area contributed by atoms with Crippen LogP contribution in [0.1, 0.15) is 17.2 Å². The summed E-state index contributed by atoms with van der Waals surface area (Å²) in [5, 5.41) is 19.7. The first-order valence-corrected chi connectivity index (χ1v) is 5.16. The minimum absolute atomic E-state index is 0.0641. The molecule has 0 aliphatic heterocycles. The smallest absolute Gasteiger partial charge is 0.187 e. The molecule has 3 nitrogen and oxygen atoms in total. The Balaban J connectivity index is 2.34. The Hall–Kier alpha value is -2.31. The number of hydrogen-bond acceptors (Lipinski definition) is 2. The van der Waals surface area contributed by atoms with Crippen molar-refractivity contribution in [3.8, 4) is 5.75 Å². The first-order valence-electron chi connectivity index (χ1n) is 5.16. The van der Waals surface area contributed by atoms with Gasteiger partial charge in [-0.2, -0.15) is 0 Å². The van der Waals surface area contributed by atoms with Gasteiger partial charge in [0.2, 0.25) is 0 Å². The molecule has 0 aliphatic rings. The fourth-order valence-corrected chi connectivity index (χ4v) is 1.63. The van der Waals surface area contributed by atoms with Crippen LogP contribution in [0.3, 0.4) is 0 Å². The molecule has 2 aromatic carbocycles. The number of para-hydroxylation sites is 1. The summed E-state index contributed by atoms with van der Waals surface area (Å²) in [5.74, 6) is 0.0641. The van der Waals surface area contributed by atoms with Gasteiger partial charge < -0.3 is 10.2 Å². The molecule has 0 fully saturated rings. The highest BCUT2D eigenvalue weighted by molar-refractivity contribution is 5.47. The Morgan fingerprint density at radius 1 is 1.00 bits per heavy atom. The van der Waals surface area contributed by atoms with Gasteiger partial charge >= 0.3 is 0 Å². The minimum atomic E-state index is -0.879. The molecule has 1 atom stereocenters. The van der Waals surface area contributed by atoms with E-state index >= 15 is 0 Å². The van der Waals surface area contributed by atoms with E-state index in [9.17, 15) is 10.2 Å². The van der Waals surface area contributed by atoms with Gasteiger partial charge in [0.15, 0.2) is 5.69 Å². The van der Waals surface area contributed by atoms with E-state index in [0.717, 1.165) is 0 Å². The fourth-order valence-electron chi connectivity index (χ4n) is 1.63. The van der Waals surface area contributed by atoms with Crippen LogP contribution >= 0.6 is 0 Å². The van der Waals surface area contributed by atoms with E-state index in [4.69, 9.17) is 6.57 Å². The fraction of sp³-hybridized carbons (Fsp3) is 0.0714. The number of aromatic hydroxyl groups is 1. The zero-order valence-corrected chi connectivity index (χ0v) is 9.04. The van der Waals surface area contributed by atoms with E-state index < -0.39 is 6.10 Å². The van der Waals surface area contributed by atoms with E-state index in [1.165, 1.54) is 6.07 Å². The third-order valence-corrected chi connectivity index (χ3v) is 2.57. The Morgan fingerprint density at radius 3 is 2.24 bits per heavy atom. The van der Waals surface area contributed by atoms with Crippen LogP contribution in [0.2, 0.25) is 0 Å². The number of rotatable bonds is 2. The van der Waals surface area contributed by atoms with Gasteiger partial charge in [0.1, 0.15) is 11.9 Å². The second-order valence-corrected chi connectivity index (χ2v) is 3.66. The Morgan fingerprint density at radius 2 is 1.65 bits per heavy atom. The average Bonchev–Trinajstić information content (AvgIpc) is 2.39. The molecule has 0 spiro atoms. The number of aliphatic hydroxyl groups is 1. The highest BCUT2D eigenvalue weighted by atomic mass is 16.3. The van der Waals surface area contributed by atoms with Crippen LogP contribution in [0.5, 0.6) is 5.75 Å². The summed E-state index contributed by atoms with van der Waals surface area (Å²) in [7, 11) is 0. The Bertz CT molecular complexity index is 555. The van der Waals surface area contributed by atoms with Crippen LogP contribution < -0.4 is 0 Å². The molecule has 1 unspecified atom stereocenters. The molecule has 0 heterocycles. The molecule has 0 aliphatic carbocycles. The van der Waals surface area contributed by atoms with Crippen LogP contribution in [0.25, 0.3) is 4.85 Å². The number of phenols is 1. The van der Waals surface area contributed by atoms with Crippen LogP contribution in [0.15, 0.2) is 48.5 Å². The summed E-state index contributed by atoms with van der Waals surface area (Å²) in [6, 6.07) is 13.3. The lowest BCUT2D eigenvalue weighted by atomic mass is 10.0. The second-order valence-electron chi connectivity index (χ2n) is 3.66. The van der Waals surface area contributed by atoms with Gasteiger partial charge in [0.25, 0.3) is 0 Å². The first-order chi connectivity index (χ1) is 8.22. The van der Waals surface area contributed by atoms with E-state index in [1.807, 2.05) is 0 Å². The molecule has 0 saturated heterocycles. The predicted octanol–water partition coefficient (Wildman–Crippen LogP) is 3.02. The standard InChI is InChI=1S/C14H11NO2/c1-15-11-8-6-10(7-9-11)14(17)12-4-2-3-5-13(12)16/h2-9,14,16-17H. The lowest BCUT2D eigenvalue weighted by Crippen LogP contribution is -1.99. The molecule has 0 amide bonds. The first kappa shape index (κ1) is 11.2. The molecule has 84 valence electrons. The van der Waals surface area contributed by atoms with Crippen molar-refractivity contribution in [1.82, 2.24) is 0 Å². The zero-order valence-electron chi connectivity index (χ0n) is 9.04. The Labute approximate surface area is 99.4 Å². The molecule has 2 N–H and O–H groups in total. The van der Waals surface area contributed by atoms with Gasteiger partial charge in [0, 0.05) is 5.56 Å². The van der Waals surface area contributed by atoms with Crippen molar-refractivity contribution in [2.24, 2.45) is 0 Å². The summed E-state index contributed by atoms with van der Waals surface area (Å²) in [5.41, 5.74) is 1.64. The molecular formula is C14H11NO2. The van der Waals surface area contributed by atoms with Gasteiger partial charge in [-0.15, -0.1) is 0 Å². The van der Waals surface area contributed by atoms with Gasteiger partial charge in [-0.05, 0) is 11.6 Å². The van der Waals surface area contributed by atoms with Crippen molar-refractivity contribution >= 4 is 5.69 Å². The summed E-state index contributed by atoms with van der Waals surface area (Å²) in [6.45, 7) is 6.84. The average molecular weight is 225 g/mol. The molecule has 3 heteroatoms. The van der Waals surface area contributed by atoms with Crippen molar-refractivity contribution in [2.45, 2.75) is 6.10 Å². The minimum Gasteiger partial charge on any atom is -0.508 e. The molecule has 0 bridgehead atoms. The summed E-state index contributed by atoms with van der Waals surface area (Å²) in [6.07, 6.45) is -0.879. The monoisotopic (exact) mass is 225 g/mol. The quantitative estimate of drug-likeness (QED) is 0.771. The van der Waals surface area contributed by atoms with Gasteiger partial charge in [-0.25, -0.2) is 4.85 Å². The van der Waals surface area contributed by atoms with Crippen LogP contribution in [0.4, 0.5) is 5.69 Å². The maximum Gasteiger partial charge on any atom is 0.187 e. The maximum atomic E-state index is 10.1. The van der Waals surface area contributed by atoms with Crippen LogP contribution in [-0.4, -0.2) is 10.2 Å². The molecular weight excluding hydrogens is 214 g/mol. The van der Waals surface area contributed by atoms with Crippen molar-refractivity contribution in [3.63, 3.8) is 0 Å². The van der Waals surface area contributed by atoms with E-state index in [-0.39, 0.29) is 5.75 Å². The molecule has 0 saturated carbocycles. The van der Waals surface area contributed by atoms with E-state index in [0.29, 0.717) is 16.8 Å². The number of hydrogen-bond donors (Lipinski definition) is 2. The van der Waals surface area contributed by atoms with E-state index in [1.54, 1.807) is 42.5 Å².